The van der Waals surface area contributed by atoms with E-state index in [1.807, 2.05) is 31.2 Å². The quantitative estimate of drug-likeness (QED) is 0.441. The number of benzene rings is 2. The van der Waals surface area contributed by atoms with Gasteiger partial charge in [0.25, 0.3) is 11.8 Å². The number of ether oxygens (including phenoxy) is 2. The van der Waals surface area contributed by atoms with Gasteiger partial charge in [0.1, 0.15) is 17.3 Å². The van der Waals surface area contributed by atoms with Crippen molar-refractivity contribution in [2.75, 3.05) is 24.7 Å². The van der Waals surface area contributed by atoms with Crippen LogP contribution in [0.4, 0.5) is 5.69 Å². The summed E-state index contributed by atoms with van der Waals surface area (Å²) in [5, 5.41) is 2.76. The number of nitrogens with zero attached hydrogens (tertiary/aromatic N) is 1. The lowest BCUT2D eigenvalue weighted by Gasteiger charge is -2.29. The largest absolute Gasteiger partial charge is 0.485 e. The molecule has 8 heteroatoms. The second kappa shape index (κ2) is 10.9. The Morgan fingerprint density at radius 3 is 2.74 bits per heavy atom. The third-order valence-corrected chi connectivity index (χ3v) is 5.64. The fourth-order valence-electron chi connectivity index (χ4n) is 3.70. The molecular formula is C27H28N2O6. The molecule has 0 saturated heterocycles. The predicted molar refractivity (Wildman–Crippen MR) is 130 cm³/mol. The number of hydrogen-bond acceptors (Lipinski definition) is 6. The van der Waals surface area contributed by atoms with Crippen molar-refractivity contribution in [3.8, 4) is 11.5 Å². The molecule has 2 amide bonds. The zero-order valence-electron chi connectivity index (χ0n) is 19.8. The van der Waals surface area contributed by atoms with Gasteiger partial charge >= 0.3 is 0 Å². The first kappa shape index (κ1) is 24.1. The maximum Gasteiger partial charge on any atom is 0.286 e. The van der Waals surface area contributed by atoms with Gasteiger partial charge < -0.3 is 19.2 Å². The van der Waals surface area contributed by atoms with Crippen molar-refractivity contribution in [2.45, 2.75) is 33.2 Å². The molecule has 182 valence electrons. The van der Waals surface area contributed by atoms with Gasteiger partial charge in [0.15, 0.2) is 24.8 Å². The lowest BCUT2D eigenvalue weighted by Crippen LogP contribution is -2.38. The smallest absolute Gasteiger partial charge is 0.286 e. The minimum absolute atomic E-state index is 0.105. The van der Waals surface area contributed by atoms with Crippen LogP contribution in [-0.2, 0) is 17.8 Å². The monoisotopic (exact) mass is 476 g/mol. The zero-order valence-corrected chi connectivity index (χ0v) is 19.8. The topological polar surface area (TPSA) is 98.1 Å². The number of fused-ring (bicyclic) bond motifs is 1. The van der Waals surface area contributed by atoms with Gasteiger partial charge in [-0.2, -0.15) is 0 Å². The molecule has 2 aromatic carbocycles. The van der Waals surface area contributed by atoms with Crippen molar-refractivity contribution in [3.05, 3.63) is 77.2 Å². The number of carbonyl (C=O) groups is 3. The summed E-state index contributed by atoms with van der Waals surface area (Å²) < 4.78 is 16.9. The van der Waals surface area contributed by atoms with E-state index in [0.717, 1.165) is 18.4 Å². The van der Waals surface area contributed by atoms with Crippen molar-refractivity contribution in [1.82, 2.24) is 5.32 Å². The van der Waals surface area contributed by atoms with Gasteiger partial charge in [-0.15, -0.1) is 0 Å². The van der Waals surface area contributed by atoms with Crippen LogP contribution in [0.3, 0.4) is 0 Å². The minimum Gasteiger partial charge on any atom is -0.485 e. The lowest BCUT2D eigenvalue weighted by atomic mass is 10.1. The molecule has 1 aromatic heterocycles. The van der Waals surface area contributed by atoms with Crippen molar-refractivity contribution < 1.29 is 28.3 Å². The summed E-state index contributed by atoms with van der Waals surface area (Å²) in [4.78, 5) is 39.1. The molecule has 0 radical (unpaired) electrons. The van der Waals surface area contributed by atoms with Gasteiger partial charge in [-0.05, 0) is 60.9 Å². The highest BCUT2D eigenvalue weighted by Gasteiger charge is 2.28. The van der Waals surface area contributed by atoms with Gasteiger partial charge in [-0.3, -0.25) is 19.3 Å². The number of rotatable bonds is 10. The van der Waals surface area contributed by atoms with Crippen molar-refractivity contribution in [3.63, 3.8) is 0 Å². The second-order valence-corrected chi connectivity index (χ2v) is 8.19. The number of carbonyl (C=O) groups excluding carboxylic acids is 3. The van der Waals surface area contributed by atoms with E-state index in [1.54, 1.807) is 30.3 Å². The number of furan rings is 1. The van der Waals surface area contributed by atoms with E-state index in [-0.39, 0.29) is 43.1 Å². The highest BCUT2D eigenvalue weighted by Crippen LogP contribution is 2.34. The highest BCUT2D eigenvalue weighted by molar-refractivity contribution is 6.02. The summed E-state index contributed by atoms with van der Waals surface area (Å²) in [7, 11) is 0. The average Bonchev–Trinajstić information content (AvgIpc) is 3.36. The van der Waals surface area contributed by atoms with Crippen LogP contribution in [-0.4, -0.2) is 37.4 Å². The summed E-state index contributed by atoms with van der Waals surface area (Å²) in [5.41, 5.74) is 1.99. The molecule has 0 unspecified atom stereocenters. The van der Waals surface area contributed by atoms with Gasteiger partial charge in [0, 0.05) is 12.1 Å². The number of aryl methyl sites for hydroxylation is 1. The molecular weight excluding hydrogens is 448 g/mol. The Bertz CT molecular complexity index is 1230. The summed E-state index contributed by atoms with van der Waals surface area (Å²) in [6.07, 6.45) is 1.69. The van der Waals surface area contributed by atoms with E-state index >= 15 is 0 Å². The van der Waals surface area contributed by atoms with Gasteiger partial charge in [-0.25, -0.2) is 0 Å². The molecule has 0 bridgehead atoms. The van der Waals surface area contributed by atoms with Crippen molar-refractivity contribution >= 4 is 23.3 Å². The van der Waals surface area contributed by atoms with Crippen LogP contribution in [0, 0.1) is 0 Å². The molecule has 1 aliphatic heterocycles. The fourth-order valence-corrected chi connectivity index (χ4v) is 3.70. The Balaban J connectivity index is 1.48. The number of nitrogens with one attached hydrogen (secondary N) is 1. The van der Waals surface area contributed by atoms with Crippen LogP contribution in [0.5, 0.6) is 11.5 Å². The Morgan fingerprint density at radius 2 is 1.94 bits per heavy atom. The van der Waals surface area contributed by atoms with Gasteiger partial charge in [0.05, 0.1) is 12.2 Å². The number of ketones is 1. The Kier molecular flexibility index (Phi) is 7.50. The first-order chi connectivity index (χ1) is 17.0. The van der Waals surface area contributed by atoms with E-state index in [0.29, 0.717) is 35.1 Å². The van der Waals surface area contributed by atoms with Crippen LogP contribution in [0.1, 0.15) is 52.5 Å². The van der Waals surface area contributed by atoms with Crippen molar-refractivity contribution in [2.24, 2.45) is 0 Å². The molecule has 4 rings (SSSR count). The van der Waals surface area contributed by atoms with Gasteiger partial charge in [0.2, 0.25) is 0 Å². The predicted octanol–water partition coefficient (Wildman–Crippen LogP) is 4.17. The normalized spacial score (nSPS) is 12.6. The molecule has 35 heavy (non-hydrogen) atoms. The lowest BCUT2D eigenvalue weighted by molar-refractivity contribution is -0.121. The summed E-state index contributed by atoms with van der Waals surface area (Å²) in [5.74, 6) is 0.955. The molecule has 0 spiro atoms. The van der Waals surface area contributed by atoms with Crippen LogP contribution in [0.2, 0.25) is 0 Å². The summed E-state index contributed by atoms with van der Waals surface area (Å²) in [6.45, 7) is 4.42. The zero-order chi connectivity index (χ0) is 24.8. The molecule has 1 aliphatic rings. The van der Waals surface area contributed by atoms with Crippen molar-refractivity contribution in [1.29, 1.82) is 0 Å². The number of amides is 2. The second-order valence-electron chi connectivity index (χ2n) is 8.19. The molecule has 8 nitrogen and oxygen atoms in total. The first-order valence-corrected chi connectivity index (χ1v) is 11.7. The standard InChI is InChI=1S/C27H28N2O6/c1-3-12-28-27(32)25-11-9-21(35-25)15-29-22-14-19(8-10-24(22)34-17-26(29)31)23(30)16-33-20-7-5-6-18(4-2)13-20/h5-11,13-14H,3-4,12,15-17H2,1-2H3,(H,28,32). The van der Waals surface area contributed by atoms with E-state index in [2.05, 4.69) is 12.2 Å². The number of anilines is 1. The van der Waals surface area contributed by atoms with Gasteiger partial charge in [-0.1, -0.05) is 26.0 Å². The molecule has 0 fully saturated rings. The summed E-state index contributed by atoms with van der Waals surface area (Å²) >= 11 is 0. The Hall–Kier alpha value is -4.07. The molecule has 0 aliphatic carbocycles. The average molecular weight is 477 g/mol. The van der Waals surface area contributed by atoms with Crippen LogP contribution in [0.15, 0.2) is 59.0 Å². The van der Waals surface area contributed by atoms with E-state index in [4.69, 9.17) is 13.9 Å². The minimum atomic E-state index is -0.302. The maximum absolute atomic E-state index is 12.8. The number of Topliss-reactive ketones (excluding diaryl/α,β-unsaturated/α-hetero) is 1. The van der Waals surface area contributed by atoms with E-state index in [9.17, 15) is 14.4 Å². The van der Waals surface area contributed by atoms with Crippen LogP contribution in [0.25, 0.3) is 0 Å². The third-order valence-electron chi connectivity index (χ3n) is 5.64. The molecule has 1 N–H and O–H groups in total. The SMILES string of the molecule is CCCNC(=O)c1ccc(CN2C(=O)COc3ccc(C(=O)COc4cccc(CC)c4)cc32)o1. The summed E-state index contributed by atoms with van der Waals surface area (Å²) in [6, 6.07) is 15.8. The highest BCUT2D eigenvalue weighted by atomic mass is 16.5. The number of hydrogen-bond donors (Lipinski definition) is 1. The third kappa shape index (κ3) is 5.71. The molecule has 2 heterocycles. The van der Waals surface area contributed by atoms with Crippen LogP contribution >= 0.6 is 0 Å². The van der Waals surface area contributed by atoms with E-state index in [1.165, 1.54) is 4.90 Å². The molecule has 0 atom stereocenters. The first-order valence-electron chi connectivity index (χ1n) is 11.7. The molecule has 3 aromatic rings. The Labute approximate surface area is 203 Å². The van der Waals surface area contributed by atoms with E-state index < -0.39 is 0 Å². The maximum atomic E-state index is 12.8. The molecule has 0 saturated carbocycles. The van der Waals surface area contributed by atoms with Crippen LogP contribution < -0.4 is 19.7 Å². The Morgan fingerprint density at radius 1 is 1.09 bits per heavy atom. The fraction of sp³-hybridized carbons (Fsp3) is 0.296.